The van der Waals surface area contributed by atoms with E-state index in [9.17, 15) is 4.79 Å². The monoisotopic (exact) mass is 333 g/mol. The molecule has 122 valence electrons. The Labute approximate surface area is 141 Å². The molecule has 0 fully saturated rings. The molecule has 0 spiro atoms. The van der Waals surface area contributed by atoms with Gasteiger partial charge in [-0.25, -0.2) is 0 Å². The van der Waals surface area contributed by atoms with E-state index in [0.29, 0.717) is 17.2 Å². The molecule has 5 heteroatoms. The molecule has 1 amide bonds. The van der Waals surface area contributed by atoms with Crippen LogP contribution >= 0.6 is 11.6 Å². The number of aryl methyl sites for hydroxylation is 1. The van der Waals surface area contributed by atoms with Gasteiger partial charge in [-0.2, -0.15) is 0 Å². The molecule has 0 aliphatic carbocycles. The second kappa shape index (κ2) is 7.88. The molecule has 0 saturated heterocycles. The number of amides is 1. The van der Waals surface area contributed by atoms with E-state index in [1.807, 2.05) is 44.2 Å². The van der Waals surface area contributed by atoms with Crippen LogP contribution in [0.3, 0.4) is 0 Å². The minimum atomic E-state index is -0.208. The van der Waals surface area contributed by atoms with Crippen molar-refractivity contribution in [1.29, 1.82) is 0 Å². The van der Waals surface area contributed by atoms with Gasteiger partial charge in [-0.1, -0.05) is 17.7 Å². The largest absolute Gasteiger partial charge is 0.497 e. The summed E-state index contributed by atoms with van der Waals surface area (Å²) in [6.45, 7) is 4.17. The van der Waals surface area contributed by atoms with Crippen LogP contribution in [0, 0.1) is 6.92 Å². The standard InChI is InChI=1S/C18H20ClNO3/c1-12-4-9-16(17(19)10-12)18(21)20-13(2)11-23-15-7-5-14(22-3)6-8-15/h4-10,13H,11H2,1-3H3,(H,20,21)/t13-/m0/s1. The summed E-state index contributed by atoms with van der Waals surface area (Å²) in [5, 5.41) is 3.33. The highest BCUT2D eigenvalue weighted by Gasteiger charge is 2.13. The third-order valence-electron chi connectivity index (χ3n) is 3.31. The van der Waals surface area contributed by atoms with Crippen LogP contribution in [0.25, 0.3) is 0 Å². The first-order chi connectivity index (χ1) is 11.0. The number of benzene rings is 2. The molecule has 2 aromatic carbocycles. The van der Waals surface area contributed by atoms with E-state index in [1.165, 1.54) is 0 Å². The average Bonchev–Trinajstić information content (AvgIpc) is 2.53. The van der Waals surface area contributed by atoms with Gasteiger partial charge in [0, 0.05) is 0 Å². The lowest BCUT2D eigenvalue weighted by atomic mass is 10.1. The Morgan fingerprint density at radius 3 is 2.43 bits per heavy atom. The van der Waals surface area contributed by atoms with Crippen molar-refractivity contribution in [3.05, 3.63) is 58.6 Å². The summed E-state index contributed by atoms with van der Waals surface area (Å²) < 4.78 is 10.7. The molecular weight excluding hydrogens is 314 g/mol. The van der Waals surface area contributed by atoms with Gasteiger partial charge in [-0.3, -0.25) is 4.79 Å². The second-order valence-corrected chi connectivity index (χ2v) is 5.75. The van der Waals surface area contributed by atoms with Crippen LogP contribution in [0.5, 0.6) is 11.5 Å². The van der Waals surface area contributed by atoms with Crippen LogP contribution in [0.2, 0.25) is 5.02 Å². The van der Waals surface area contributed by atoms with E-state index < -0.39 is 0 Å². The zero-order chi connectivity index (χ0) is 16.8. The van der Waals surface area contributed by atoms with Crippen molar-refractivity contribution in [1.82, 2.24) is 5.32 Å². The smallest absolute Gasteiger partial charge is 0.253 e. The van der Waals surface area contributed by atoms with Crippen molar-refractivity contribution in [2.45, 2.75) is 19.9 Å². The Kier molecular flexibility index (Phi) is 5.88. The van der Waals surface area contributed by atoms with E-state index in [4.69, 9.17) is 21.1 Å². The number of halogens is 1. The Balaban J connectivity index is 1.88. The molecule has 0 aliphatic heterocycles. The first-order valence-electron chi connectivity index (χ1n) is 7.33. The number of carbonyl (C=O) groups excluding carboxylic acids is 1. The molecular formula is C18H20ClNO3. The summed E-state index contributed by atoms with van der Waals surface area (Å²) in [5.41, 5.74) is 1.48. The van der Waals surface area contributed by atoms with Crippen LogP contribution in [0.4, 0.5) is 0 Å². The Morgan fingerprint density at radius 1 is 1.17 bits per heavy atom. The molecule has 1 atom stereocenters. The van der Waals surface area contributed by atoms with E-state index in [-0.39, 0.29) is 11.9 Å². The zero-order valence-corrected chi connectivity index (χ0v) is 14.2. The fourth-order valence-electron chi connectivity index (χ4n) is 2.04. The highest BCUT2D eigenvalue weighted by Crippen LogP contribution is 2.18. The zero-order valence-electron chi connectivity index (χ0n) is 13.4. The third kappa shape index (κ3) is 4.89. The number of hydrogen-bond acceptors (Lipinski definition) is 3. The number of ether oxygens (including phenoxy) is 2. The second-order valence-electron chi connectivity index (χ2n) is 5.34. The predicted octanol–water partition coefficient (Wildman–Crippen LogP) is 3.85. The molecule has 2 aromatic rings. The molecule has 2 rings (SSSR count). The SMILES string of the molecule is COc1ccc(OC[C@H](C)NC(=O)c2ccc(C)cc2Cl)cc1. The van der Waals surface area contributed by atoms with Gasteiger partial charge >= 0.3 is 0 Å². The lowest BCUT2D eigenvalue weighted by Crippen LogP contribution is -2.36. The first-order valence-corrected chi connectivity index (χ1v) is 7.71. The van der Waals surface area contributed by atoms with Crippen molar-refractivity contribution in [2.24, 2.45) is 0 Å². The van der Waals surface area contributed by atoms with Crippen LogP contribution in [0.1, 0.15) is 22.8 Å². The van der Waals surface area contributed by atoms with Gasteiger partial charge in [0.2, 0.25) is 0 Å². The Morgan fingerprint density at radius 2 is 1.83 bits per heavy atom. The Bertz CT molecular complexity index is 670. The molecule has 0 heterocycles. The maximum Gasteiger partial charge on any atom is 0.253 e. The first kappa shape index (κ1) is 17.2. The summed E-state index contributed by atoms with van der Waals surface area (Å²) in [7, 11) is 1.61. The van der Waals surface area contributed by atoms with Crippen LogP contribution in [-0.4, -0.2) is 25.7 Å². The summed E-state index contributed by atoms with van der Waals surface area (Å²) in [4.78, 5) is 12.2. The molecule has 0 saturated carbocycles. The van der Waals surface area contributed by atoms with Crippen LogP contribution < -0.4 is 14.8 Å². The molecule has 0 radical (unpaired) electrons. The number of rotatable bonds is 6. The van der Waals surface area contributed by atoms with E-state index in [1.54, 1.807) is 19.2 Å². The van der Waals surface area contributed by atoms with Gasteiger partial charge in [0.15, 0.2) is 0 Å². The minimum Gasteiger partial charge on any atom is -0.497 e. The normalized spacial score (nSPS) is 11.7. The lowest BCUT2D eigenvalue weighted by molar-refractivity contribution is 0.0927. The molecule has 23 heavy (non-hydrogen) atoms. The average molecular weight is 334 g/mol. The minimum absolute atomic E-state index is 0.151. The lowest BCUT2D eigenvalue weighted by Gasteiger charge is -2.16. The number of hydrogen-bond donors (Lipinski definition) is 1. The van der Waals surface area contributed by atoms with E-state index >= 15 is 0 Å². The third-order valence-corrected chi connectivity index (χ3v) is 3.62. The highest BCUT2D eigenvalue weighted by molar-refractivity contribution is 6.33. The van der Waals surface area contributed by atoms with Gasteiger partial charge in [0.25, 0.3) is 5.91 Å². The topological polar surface area (TPSA) is 47.6 Å². The fraction of sp³-hybridized carbons (Fsp3) is 0.278. The van der Waals surface area contributed by atoms with Crippen molar-refractivity contribution in [3.8, 4) is 11.5 Å². The molecule has 0 bridgehead atoms. The number of nitrogens with one attached hydrogen (secondary N) is 1. The van der Waals surface area contributed by atoms with Crippen molar-refractivity contribution in [2.75, 3.05) is 13.7 Å². The summed E-state index contributed by atoms with van der Waals surface area (Å²) in [6.07, 6.45) is 0. The van der Waals surface area contributed by atoms with Gasteiger partial charge < -0.3 is 14.8 Å². The van der Waals surface area contributed by atoms with E-state index in [2.05, 4.69) is 5.32 Å². The van der Waals surface area contributed by atoms with E-state index in [0.717, 1.165) is 17.1 Å². The van der Waals surface area contributed by atoms with Gasteiger partial charge in [-0.05, 0) is 55.8 Å². The summed E-state index contributed by atoms with van der Waals surface area (Å²) >= 11 is 6.11. The Hall–Kier alpha value is -2.20. The maximum absolute atomic E-state index is 12.2. The summed E-state index contributed by atoms with van der Waals surface area (Å²) in [5.74, 6) is 1.29. The molecule has 4 nitrogen and oxygen atoms in total. The predicted molar refractivity (Wildman–Crippen MR) is 91.6 cm³/mol. The van der Waals surface area contributed by atoms with Gasteiger partial charge in [-0.15, -0.1) is 0 Å². The molecule has 0 unspecified atom stereocenters. The molecule has 0 aromatic heterocycles. The van der Waals surface area contributed by atoms with Crippen molar-refractivity contribution in [3.63, 3.8) is 0 Å². The molecule has 0 aliphatic rings. The van der Waals surface area contributed by atoms with Crippen molar-refractivity contribution < 1.29 is 14.3 Å². The maximum atomic E-state index is 12.2. The van der Waals surface area contributed by atoms with Crippen molar-refractivity contribution >= 4 is 17.5 Å². The quantitative estimate of drug-likeness (QED) is 0.873. The fourth-order valence-corrected chi connectivity index (χ4v) is 2.36. The number of carbonyl (C=O) groups is 1. The van der Waals surface area contributed by atoms with Crippen LogP contribution in [0.15, 0.2) is 42.5 Å². The van der Waals surface area contributed by atoms with Crippen LogP contribution in [-0.2, 0) is 0 Å². The van der Waals surface area contributed by atoms with Gasteiger partial charge in [0.1, 0.15) is 18.1 Å². The molecule has 1 N–H and O–H groups in total. The van der Waals surface area contributed by atoms with Gasteiger partial charge in [0.05, 0.1) is 23.7 Å². The highest BCUT2D eigenvalue weighted by atomic mass is 35.5. The summed E-state index contributed by atoms with van der Waals surface area (Å²) in [6, 6.07) is 12.5. The number of methoxy groups -OCH3 is 1.